The number of amides is 1. The highest BCUT2D eigenvalue weighted by molar-refractivity contribution is 7.15. The molecule has 0 aliphatic rings. The van der Waals surface area contributed by atoms with Crippen molar-refractivity contribution >= 4 is 28.1 Å². The lowest BCUT2D eigenvalue weighted by Crippen LogP contribution is -2.19. The van der Waals surface area contributed by atoms with Crippen LogP contribution in [0.15, 0.2) is 30.5 Å². The van der Waals surface area contributed by atoms with Crippen LogP contribution in [0.2, 0.25) is 0 Å². The van der Waals surface area contributed by atoms with E-state index in [9.17, 15) is 4.79 Å². The second-order valence-electron chi connectivity index (χ2n) is 3.68. The summed E-state index contributed by atoms with van der Waals surface area (Å²) >= 11 is 1.42. The Bertz CT molecular complexity index is 537. The van der Waals surface area contributed by atoms with Crippen molar-refractivity contribution < 1.29 is 9.53 Å². The van der Waals surface area contributed by atoms with Gasteiger partial charge in [-0.2, -0.15) is 0 Å². The second-order valence-corrected chi connectivity index (χ2v) is 4.92. The largest absolute Gasteiger partial charge is 0.484 e. The molecule has 6 heteroatoms. The van der Waals surface area contributed by atoms with Gasteiger partial charge in [0.15, 0.2) is 11.7 Å². The van der Waals surface area contributed by atoms with Crippen LogP contribution in [-0.2, 0) is 4.79 Å². The molecule has 1 amide bonds. The highest BCUT2D eigenvalue weighted by atomic mass is 32.1. The molecule has 0 spiro atoms. The van der Waals surface area contributed by atoms with Gasteiger partial charge in [0.05, 0.1) is 0 Å². The van der Waals surface area contributed by atoms with Gasteiger partial charge < -0.3 is 10.5 Å². The number of carbonyl (C=O) groups is 1. The molecular weight excluding hydrogens is 250 g/mol. The highest BCUT2D eigenvalue weighted by Gasteiger charge is 2.06. The first-order valence-electron chi connectivity index (χ1n) is 5.34. The lowest BCUT2D eigenvalue weighted by atomic mass is 10.3. The number of anilines is 2. The van der Waals surface area contributed by atoms with E-state index in [2.05, 4.69) is 10.3 Å². The Kier molecular flexibility index (Phi) is 3.78. The molecule has 2 aromatic rings. The van der Waals surface area contributed by atoms with Crippen molar-refractivity contribution in [1.29, 1.82) is 0 Å². The van der Waals surface area contributed by atoms with E-state index in [0.717, 1.165) is 4.88 Å². The summed E-state index contributed by atoms with van der Waals surface area (Å²) in [7, 11) is 0. The number of benzene rings is 1. The zero-order valence-corrected chi connectivity index (χ0v) is 10.7. The van der Waals surface area contributed by atoms with Crippen molar-refractivity contribution in [2.24, 2.45) is 0 Å². The number of thiazole rings is 1. The summed E-state index contributed by atoms with van der Waals surface area (Å²) < 4.78 is 5.31. The lowest BCUT2D eigenvalue weighted by molar-refractivity contribution is -0.118. The van der Waals surface area contributed by atoms with Crippen LogP contribution >= 0.6 is 11.3 Å². The maximum absolute atomic E-state index is 11.6. The predicted octanol–water partition coefficient (Wildman–Crippen LogP) is 2.05. The molecule has 5 nitrogen and oxygen atoms in total. The molecule has 0 bridgehead atoms. The zero-order chi connectivity index (χ0) is 13.0. The molecule has 0 saturated carbocycles. The molecule has 1 aromatic heterocycles. The van der Waals surface area contributed by atoms with Crippen LogP contribution < -0.4 is 15.8 Å². The van der Waals surface area contributed by atoms with E-state index in [0.29, 0.717) is 16.6 Å². The van der Waals surface area contributed by atoms with Gasteiger partial charge in [-0.3, -0.25) is 10.1 Å². The number of hydrogen-bond donors (Lipinski definition) is 2. The smallest absolute Gasteiger partial charge is 0.264 e. The maximum atomic E-state index is 11.6. The van der Waals surface area contributed by atoms with Crippen molar-refractivity contribution in [2.75, 3.05) is 17.7 Å². The van der Waals surface area contributed by atoms with Crippen molar-refractivity contribution in [3.05, 3.63) is 35.3 Å². The minimum atomic E-state index is -0.235. The quantitative estimate of drug-likeness (QED) is 0.828. The Labute approximate surface area is 109 Å². The number of aromatic nitrogens is 1. The number of nitrogens with one attached hydrogen (secondary N) is 1. The topological polar surface area (TPSA) is 77.2 Å². The predicted molar refractivity (Wildman–Crippen MR) is 71.8 cm³/mol. The Balaban J connectivity index is 1.83. The van der Waals surface area contributed by atoms with Gasteiger partial charge in [0.25, 0.3) is 5.91 Å². The summed E-state index contributed by atoms with van der Waals surface area (Å²) in [5, 5.41) is 3.25. The summed E-state index contributed by atoms with van der Waals surface area (Å²) in [6.07, 6.45) is 1.71. The molecule has 0 atom stereocenters. The number of hydrogen-bond acceptors (Lipinski definition) is 5. The normalized spacial score (nSPS) is 10.1. The molecule has 0 radical (unpaired) electrons. The van der Waals surface area contributed by atoms with E-state index in [-0.39, 0.29) is 12.5 Å². The van der Waals surface area contributed by atoms with E-state index in [1.807, 2.05) is 6.92 Å². The number of ether oxygens (including phenoxy) is 1. The molecule has 94 valence electrons. The molecule has 0 saturated heterocycles. The van der Waals surface area contributed by atoms with E-state index < -0.39 is 0 Å². The second kappa shape index (κ2) is 5.50. The van der Waals surface area contributed by atoms with Crippen LogP contribution in [0.3, 0.4) is 0 Å². The molecule has 0 unspecified atom stereocenters. The SMILES string of the molecule is Cc1cnc(NC(=O)COc2ccc(N)cc2)s1. The molecule has 0 aliphatic heterocycles. The summed E-state index contributed by atoms with van der Waals surface area (Å²) in [5.74, 6) is 0.371. The minimum absolute atomic E-state index is 0.0530. The third-order valence-electron chi connectivity index (χ3n) is 2.12. The van der Waals surface area contributed by atoms with Crippen molar-refractivity contribution in [3.63, 3.8) is 0 Å². The number of aryl methyl sites for hydroxylation is 1. The Hall–Kier alpha value is -2.08. The first kappa shape index (κ1) is 12.4. The van der Waals surface area contributed by atoms with Gasteiger partial charge in [0.2, 0.25) is 0 Å². The molecule has 2 rings (SSSR count). The molecule has 1 heterocycles. The van der Waals surface area contributed by atoms with Gasteiger partial charge in [0.1, 0.15) is 5.75 Å². The van der Waals surface area contributed by atoms with Crippen molar-refractivity contribution in [2.45, 2.75) is 6.92 Å². The average Bonchev–Trinajstić information content (AvgIpc) is 2.74. The van der Waals surface area contributed by atoms with E-state index in [4.69, 9.17) is 10.5 Å². The van der Waals surface area contributed by atoms with Crippen molar-refractivity contribution in [1.82, 2.24) is 4.98 Å². The van der Waals surface area contributed by atoms with Crippen LogP contribution in [0, 0.1) is 6.92 Å². The van der Waals surface area contributed by atoms with Crippen LogP contribution in [0.25, 0.3) is 0 Å². The van der Waals surface area contributed by atoms with Crippen LogP contribution in [0.4, 0.5) is 10.8 Å². The van der Waals surface area contributed by atoms with Gasteiger partial charge in [-0.15, -0.1) is 11.3 Å². The standard InChI is InChI=1S/C12H13N3O2S/c1-8-6-14-12(18-8)15-11(16)7-17-10-4-2-9(13)3-5-10/h2-6H,7,13H2,1H3,(H,14,15,16). The Morgan fingerprint density at radius 2 is 2.17 bits per heavy atom. The van der Waals surface area contributed by atoms with Crippen LogP contribution in [-0.4, -0.2) is 17.5 Å². The monoisotopic (exact) mass is 263 g/mol. The van der Waals surface area contributed by atoms with Gasteiger partial charge in [-0.05, 0) is 31.2 Å². The van der Waals surface area contributed by atoms with Gasteiger partial charge in [0, 0.05) is 16.8 Å². The van der Waals surface area contributed by atoms with Gasteiger partial charge >= 0.3 is 0 Å². The summed E-state index contributed by atoms with van der Waals surface area (Å²) in [6, 6.07) is 6.88. The van der Waals surface area contributed by atoms with Gasteiger partial charge in [-0.25, -0.2) is 4.98 Å². The molecule has 0 aliphatic carbocycles. The summed E-state index contributed by atoms with van der Waals surface area (Å²) in [5.41, 5.74) is 6.20. The zero-order valence-electron chi connectivity index (χ0n) is 9.84. The number of rotatable bonds is 4. The molecule has 1 aromatic carbocycles. The first-order chi connectivity index (χ1) is 8.63. The average molecular weight is 263 g/mol. The maximum Gasteiger partial charge on any atom is 0.264 e. The fourth-order valence-corrected chi connectivity index (χ4v) is 1.96. The molecule has 0 fully saturated rings. The Morgan fingerprint density at radius 3 is 2.78 bits per heavy atom. The third-order valence-corrected chi connectivity index (χ3v) is 2.95. The lowest BCUT2D eigenvalue weighted by Gasteiger charge is -2.05. The van der Waals surface area contributed by atoms with Crippen molar-refractivity contribution in [3.8, 4) is 5.75 Å². The summed E-state index contributed by atoms with van der Waals surface area (Å²) in [6.45, 7) is 1.88. The van der Waals surface area contributed by atoms with Gasteiger partial charge in [-0.1, -0.05) is 0 Å². The number of nitrogens with zero attached hydrogens (tertiary/aromatic N) is 1. The van der Waals surface area contributed by atoms with Crippen LogP contribution in [0.1, 0.15) is 4.88 Å². The molecule has 18 heavy (non-hydrogen) atoms. The van der Waals surface area contributed by atoms with E-state index >= 15 is 0 Å². The summed E-state index contributed by atoms with van der Waals surface area (Å²) in [4.78, 5) is 16.7. The minimum Gasteiger partial charge on any atom is -0.484 e. The van der Waals surface area contributed by atoms with E-state index in [1.165, 1.54) is 11.3 Å². The fraction of sp³-hybridized carbons (Fsp3) is 0.167. The molecule has 3 N–H and O–H groups in total. The third kappa shape index (κ3) is 3.46. The Morgan fingerprint density at radius 1 is 1.44 bits per heavy atom. The first-order valence-corrected chi connectivity index (χ1v) is 6.16. The van der Waals surface area contributed by atoms with E-state index in [1.54, 1.807) is 30.5 Å². The highest BCUT2D eigenvalue weighted by Crippen LogP contribution is 2.16. The number of nitrogen functional groups attached to an aromatic ring is 1. The number of nitrogens with two attached hydrogens (primary N) is 1. The van der Waals surface area contributed by atoms with Crippen LogP contribution in [0.5, 0.6) is 5.75 Å². The fourth-order valence-electron chi connectivity index (χ4n) is 1.28. The molecular formula is C12H13N3O2S. The number of carbonyl (C=O) groups excluding carboxylic acids is 1.